The summed E-state index contributed by atoms with van der Waals surface area (Å²) in [6.45, 7) is 9.91. The first-order chi connectivity index (χ1) is 9.63. The molecule has 1 fully saturated rings. The van der Waals surface area contributed by atoms with Crippen molar-refractivity contribution in [1.82, 2.24) is 15.5 Å². The second kappa shape index (κ2) is 7.21. The maximum atomic E-state index is 5.60. The molecule has 1 aromatic rings. The smallest absolute Gasteiger partial charge is 0.231 e. The van der Waals surface area contributed by atoms with Gasteiger partial charge in [-0.2, -0.15) is 4.98 Å². The van der Waals surface area contributed by atoms with Crippen LogP contribution in [0.1, 0.15) is 83.3 Å². The Morgan fingerprint density at radius 2 is 1.95 bits per heavy atom. The molecule has 0 amide bonds. The van der Waals surface area contributed by atoms with Crippen LogP contribution in [0.3, 0.4) is 0 Å². The van der Waals surface area contributed by atoms with Gasteiger partial charge in [0.1, 0.15) is 0 Å². The summed E-state index contributed by atoms with van der Waals surface area (Å²) in [4.78, 5) is 4.73. The van der Waals surface area contributed by atoms with Gasteiger partial charge in [0.15, 0.2) is 5.82 Å². The van der Waals surface area contributed by atoms with E-state index in [1.165, 1.54) is 25.7 Å². The molecular formula is C16H29N3O. The molecule has 2 rings (SSSR count). The predicted octanol–water partition coefficient (Wildman–Crippen LogP) is 3.85. The average molecular weight is 279 g/mol. The summed E-state index contributed by atoms with van der Waals surface area (Å²) in [6, 6.07) is 0.367. The van der Waals surface area contributed by atoms with Crippen molar-refractivity contribution in [2.24, 2.45) is 5.92 Å². The van der Waals surface area contributed by atoms with E-state index in [0.717, 1.165) is 24.7 Å². The van der Waals surface area contributed by atoms with E-state index in [1.54, 1.807) is 0 Å². The monoisotopic (exact) mass is 279 g/mol. The fourth-order valence-electron chi connectivity index (χ4n) is 3.31. The molecular weight excluding hydrogens is 250 g/mol. The molecule has 4 heteroatoms. The van der Waals surface area contributed by atoms with E-state index in [0.29, 0.717) is 23.8 Å². The molecule has 1 N–H and O–H groups in total. The van der Waals surface area contributed by atoms with Crippen LogP contribution >= 0.6 is 0 Å². The highest BCUT2D eigenvalue weighted by molar-refractivity contribution is 5.04. The van der Waals surface area contributed by atoms with Gasteiger partial charge in [0, 0.05) is 12.0 Å². The molecule has 0 spiro atoms. The van der Waals surface area contributed by atoms with E-state index in [1.807, 2.05) is 0 Å². The van der Waals surface area contributed by atoms with Gasteiger partial charge in [-0.3, -0.25) is 0 Å². The highest BCUT2D eigenvalue weighted by Gasteiger charge is 2.30. The molecule has 2 unspecified atom stereocenters. The second-order valence-electron chi connectivity index (χ2n) is 6.48. The second-order valence-corrected chi connectivity index (χ2v) is 6.48. The van der Waals surface area contributed by atoms with Crippen LogP contribution in [0.2, 0.25) is 0 Å². The molecule has 1 aromatic heterocycles. The summed E-state index contributed by atoms with van der Waals surface area (Å²) in [6.07, 6.45) is 6.18. The maximum absolute atomic E-state index is 5.60. The highest BCUT2D eigenvalue weighted by Crippen LogP contribution is 2.34. The number of rotatable bonds is 7. The SMILES string of the molecule is CCCNC(C)C(c1nc(C2CCCC2)no1)C(C)C. The van der Waals surface area contributed by atoms with E-state index >= 15 is 0 Å². The minimum Gasteiger partial charge on any atom is -0.339 e. The van der Waals surface area contributed by atoms with E-state index in [4.69, 9.17) is 9.51 Å². The van der Waals surface area contributed by atoms with Crippen molar-refractivity contribution in [3.8, 4) is 0 Å². The molecule has 4 nitrogen and oxygen atoms in total. The number of nitrogens with zero attached hydrogens (tertiary/aromatic N) is 2. The van der Waals surface area contributed by atoms with E-state index in [9.17, 15) is 0 Å². The zero-order chi connectivity index (χ0) is 14.5. The molecule has 20 heavy (non-hydrogen) atoms. The Balaban J connectivity index is 2.08. The van der Waals surface area contributed by atoms with E-state index in [-0.39, 0.29) is 0 Å². The first-order valence-corrected chi connectivity index (χ1v) is 8.20. The van der Waals surface area contributed by atoms with Crippen LogP contribution in [0.5, 0.6) is 0 Å². The van der Waals surface area contributed by atoms with Crippen LogP contribution in [0.25, 0.3) is 0 Å². The van der Waals surface area contributed by atoms with Crippen molar-refractivity contribution in [3.63, 3.8) is 0 Å². The lowest BCUT2D eigenvalue weighted by atomic mass is 9.89. The summed E-state index contributed by atoms with van der Waals surface area (Å²) in [5, 5.41) is 7.81. The van der Waals surface area contributed by atoms with Crippen LogP contribution in [0, 0.1) is 5.92 Å². The molecule has 0 radical (unpaired) electrons. The van der Waals surface area contributed by atoms with Crippen molar-refractivity contribution in [2.75, 3.05) is 6.54 Å². The normalized spacial score (nSPS) is 19.6. The van der Waals surface area contributed by atoms with Crippen LogP contribution in [0.15, 0.2) is 4.52 Å². The van der Waals surface area contributed by atoms with Gasteiger partial charge in [-0.05, 0) is 38.6 Å². The summed E-state index contributed by atoms with van der Waals surface area (Å²) < 4.78 is 5.60. The quantitative estimate of drug-likeness (QED) is 0.823. The number of hydrogen-bond acceptors (Lipinski definition) is 4. The predicted molar refractivity (Wildman–Crippen MR) is 80.8 cm³/mol. The molecule has 0 aliphatic heterocycles. The first-order valence-electron chi connectivity index (χ1n) is 8.20. The Morgan fingerprint density at radius 1 is 1.25 bits per heavy atom. The van der Waals surface area contributed by atoms with Gasteiger partial charge in [-0.1, -0.05) is 38.8 Å². The Labute approximate surface area is 122 Å². The average Bonchev–Trinajstić information content (AvgIpc) is 3.06. The van der Waals surface area contributed by atoms with Crippen LogP contribution < -0.4 is 5.32 Å². The number of hydrogen-bond donors (Lipinski definition) is 1. The third-order valence-electron chi connectivity index (χ3n) is 4.44. The van der Waals surface area contributed by atoms with Gasteiger partial charge < -0.3 is 9.84 Å². The fraction of sp³-hybridized carbons (Fsp3) is 0.875. The van der Waals surface area contributed by atoms with Gasteiger partial charge in [-0.15, -0.1) is 0 Å². The van der Waals surface area contributed by atoms with Crippen LogP contribution in [-0.2, 0) is 0 Å². The Hall–Kier alpha value is -0.900. The van der Waals surface area contributed by atoms with Gasteiger partial charge in [0.25, 0.3) is 0 Å². The molecule has 0 saturated heterocycles. The zero-order valence-corrected chi connectivity index (χ0v) is 13.4. The van der Waals surface area contributed by atoms with Gasteiger partial charge in [-0.25, -0.2) is 0 Å². The zero-order valence-electron chi connectivity index (χ0n) is 13.4. The molecule has 1 aliphatic rings. The first kappa shape index (κ1) is 15.5. The molecule has 2 atom stereocenters. The van der Waals surface area contributed by atoms with Crippen molar-refractivity contribution in [1.29, 1.82) is 0 Å². The Kier molecular flexibility index (Phi) is 5.58. The fourth-order valence-corrected chi connectivity index (χ4v) is 3.31. The van der Waals surface area contributed by atoms with Crippen molar-refractivity contribution in [2.45, 2.75) is 77.7 Å². The van der Waals surface area contributed by atoms with Crippen LogP contribution in [0.4, 0.5) is 0 Å². The lowest BCUT2D eigenvalue weighted by Crippen LogP contribution is -2.35. The Bertz CT molecular complexity index is 396. The van der Waals surface area contributed by atoms with Crippen molar-refractivity contribution in [3.05, 3.63) is 11.7 Å². The molecule has 1 heterocycles. The maximum Gasteiger partial charge on any atom is 0.231 e. The van der Waals surface area contributed by atoms with E-state index in [2.05, 4.69) is 38.2 Å². The summed E-state index contributed by atoms with van der Waals surface area (Å²) in [7, 11) is 0. The molecule has 1 saturated carbocycles. The summed E-state index contributed by atoms with van der Waals surface area (Å²) in [5.74, 6) is 3.07. The van der Waals surface area contributed by atoms with Gasteiger partial charge >= 0.3 is 0 Å². The topological polar surface area (TPSA) is 51.0 Å². The number of nitrogens with one attached hydrogen (secondary N) is 1. The summed E-state index contributed by atoms with van der Waals surface area (Å²) in [5.41, 5.74) is 0. The Morgan fingerprint density at radius 3 is 2.55 bits per heavy atom. The van der Waals surface area contributed by atoms with Gasteiger partial charge in [0.2, 0.25) is 5.89 Å². The summed E-state index contributed by atoms with van der Waals surface area (Å²) >= 11 is 0. The van der Waals surface area contributed by atoms with Crippen LogP contribution in [-0.4, -0.2) is 22.7 Å². The van der Waals surface area contributed by atoms with Gasteiger partial charge in [0.05, 0.1) is 5.92 Å². The lowest BCUT2D eigenvalue weighted by molar-refractivity contribution is 0.278. The minimum atomic E-state index is 0.296. The number of aromatic nitrogens is 2. The third kappa shape index (κ3) is 3.60. The molecule has 0 bridgehead atoms. The third-order valence-corrected chi connectivity index (χ3v) is 4.44. The van der Waals surface area contributed by atoms with Crippen molar-refractivity contribution < 1.29 is 4.52 Å². The van der Waals surface area contributed by atoms with E-state index < -0.39 is 0 Å². The minimum absolute atomic E-state index is 0.296. The highest BCUT2D eigenvalue weighted by atomic mass is 16.5. The lowest BCUT2D eigenvalue weighted by Gasteiger charge is -2.25. The molecule has 114 valence electrons. The standard InChI is InChI=1S/C16H29N3O/c1-5-10-17-12(4)14(11(2)3)16-18-15(19-20-16)13-8-6-7-9-13/h11-14,17H,5-10H2,1-4H3. The molecule has 0 aromatic carbocycles. The van der Waals surface area contributed by atoms with Crippen molar-refractivity contribution >= 4 is 0 Å². The molecule has 1 aliphatic carbocycles. The largest absolute Gasteiger partial charge is 0.339 e.